The third-order valence-corrected chi connectivity index (χ3v) is 5.12. The van der Waals surface area contributed by atoms with Gasteiger partial charge in [0.15, 0.2) is 0 Å². The predicted molar refractivity (Wildman–Crippen MR) is 103 cm³/mol. The van der Waals surface area contributed by atoms with Crippen molar-refractivity contribution in [2.45, 2.75) is 20.3 Å². The normalized spacial score (nSPS) is 16.8. The summed E-state index contributed by atoms with van der Waals surface area (Å²) in [5, 5.41) is 2.48. The zero-order valence-corrected chi connectivity index (χ0v) is 16.9. The largest absolute Gasteiger partial charge is 0.256 e. The van der Waals surface area contributed by atoms with Crippen molar-refractivity contribution in [1.29, 1.82) is 0 Å². The van der Waals surface area contributed by atoms with Gasteiger partial charge in [0.25, 0.3) is 0 Å². The van der Waals surface area contributed by atoms with Crippen LogP contribution in [0.4, 0.5) is 0 Å². The molecule has 25 heavy (non-hydrogen) atoms. The van der Waals surface area contributed by atoms with Gasteiger partial charge in [-0.2, -0.15) is 0 Å². The molecule has 0 saturated carbocycles. The SMILES string of the molecule is CC=C(C)C1Cc2ccccc2C=C1c1nccc2ccccc12.[Ir]. The average Bonchev–Trinajstić information content (AvgIpc) is 2.66. The molecule has 1 atom stereocenters. The molecule has 1 radical (unpaired) electrons. The molecule has 1 aromatic heterocycles. The van der Waals surface area contributed by atoms with Gasteiger partial charge in [-0.25, -0.2) is 0 Å². The summed E-state index contributed by atoms with van der Waals surface area (Å²) in [6, 6.07) is 19.3. The Morgan fingerprint density at radius 3 is 2.64 bits per heavy atom. The van der Waals surface area contributed by atoms with E-state index < -0.39 is 0 Å². The van der Waals surface area contributed by atoms with Crippen LogP contribution in [0.1, 0.15) is 30.7 Å². The summed E-state index contributed by atoms with van der Waals surface area (Å²) < 4.78 is 0. The number of benzene rings is 2. The van der Waals surface area contributed by atoms with E-state index in [2.05, 4.69) is 80.6 Å². The molecule has 0 spiro atoms. The van der Waals surface area contributed by atoms with Crippen molar-refractivity contribution in [2.75, 3.05) is 0 Å². The molecule has 0 aliphatic heterocycles. The molecule has 2 heteroatoms. The molecule has 1 aliphatic rings. The van der Waals surface area contributed by atoms with Crippen LogP contribution in [0.5, 0.6) is 0 Å². The van der Waals surface area contributed by atoms with Crippen LogP contribution in [-0.2, 0) is 26.5 Å². The molecule has 4 rings (SSSR count). The molecular formula is C23H21IrN. The summed E-state index contributed by atoms with van der Waals surface area (Å²) in [5.41, 5.74) is 6.61. The van der Waals surface area contributed by atoms with Crippen molar-refractivity contribution in [2.24, 2.45) is 5.92 Å². The van der Waals surface area contributed by atoms with Crippen molar-refractivity contribution < 1.29 is 20.1 Å². The Labute approximate surface area is 162 Å². The third-order valence-electron chi connectivity index (χ3n) is 5.12. The monoisotopic (exact) mass is 504 g/mol. The zero-order valence-electron chi connectivity index (χ0n) is 14.5. The second-order valence-electron chi connectivity index (χ2n) is 6.47. The molecule has 1 heterocycles. The van der Waals surface area contributed by atoms with Crippen molar-refractivity contribution in [3.8, 4) is 0 Å². The molecule has 1 aliphatic carbocycles. The molecule has 1 nitrogen and oxygen atoms in total. The summed E-state index contributed by atoms with van der Waals surface area (Å²) in [4.78, 5) is 4.77. The first-order valence-corrected chi connectivity index (χ1v) is 8.54. The van der Waals surface area contributed by atoms with Gasteiger partial charge >= 0.3 is 0 Å². The van der Waals surface area contributed by atoms with E-state index in [9.17, 15) is 0 Å². The molecule has 127 valence electrons. The van der Waals surface area contributed by atoms with Crippen LogP contribution in [0.25, 0.3) is 22.4 Å². The quantitative estimate of drug-likeness (QED) is 0.396. The molecular weight excluding hydrogens is 482 g/mol. The summed E-state index contributed by atoms with van der Waals surface area (Å²) in [5.74, 6) is 0.392. The topological polar surface area (TPSA) is 12.9 Å². The van der Waals surface area contributed by atoms with Gasteiger partial charge in [-0.15, -0.1) is 0 Å². The second kappa shape index (κ2) is 7.47. The Kier molecular flexibility index (Phi) is 5.32. The number of aromatic nitrogens is 1. The van der Waals surface area contributed by atoms with Crippen LogP contribution < -0.4 is 0 Å². The molecule has 0 N–H and O–H groups in total. The minimum Gasteiger partial charge on any atom is -0.256 e. The van der Waals surface area contributed by atoms with Crippen LogP contribution in [0.2, 0.25) is 0 Å². The molecule has 0 amide bonds. The van der Waals surface area contributed by atoms with E-state index in [0.717, 1.165) is 12.1 Å². The number of nitrogens with zero attached hydrogens (tertiary/aromatic N) is 1. The van der Waals surface area contributed by atoms with E-state index in [-0.39, 0.29) is 20.1 Å². The Hall–Kier alpha value is -2.02. The van der Waals surface area contributed by atoms with E-state index in [0.29, 0.717) is 5.92 Å². The first-order valence-electron chi connectivity index (χ1n) is 8.54. The van der Waals surface area contributed by atoms with Crippen molar-refractivity contribution in [3.05, 3.63) is 89.3 Å². The van der Waals surface area contributed by atoms with Crippen molar-refractivity contribution >= 4 is 22.4 Å². The van der Waals surface area contributed by atoms with Gasteiger partial charge in [-0.3, -0.25) is 4.98 Å². The number of hydrogen-bond acceptors (Lipinski definition) is 1. The van der Waals surface area contributed by atoms with Crippen LogP contribution in [0.15, 0.2) is 72.4 Å². The number of pyridine rings is 1. The summed E-state index contributed by atoms with van der Waals surface area (Å²) in [7, 11) is 0. The minimum absolute atomic E-state index is 0. The van der Waals surface area contributed by atoms with Crippen LogP contribution in [0, 0.1) is 5.92 Å². The molecule has 2 aromatic carbocycles. The van der Waals surface area contributed by atoms with E-state index in [1.165, 1.54) is 33.0 Å². The van der Waals surface area contributed by atoms with Gasteiger partial charge in [0.05, 0.1) is 5.69 Å². The third kappa shape index (κ3) is 3.25. The maximum absolute atomic E-state index is 4.77. The van der Waals surface area contributed by atoms with Crippen LogP contribution >= 0.6 is 0 Å². The van der Waals surface area contributed by atoms with Gasteiger partial charge in [0.2, 0.25) is 0 Å². The second-order valence-corrected chi connectivity index (χ2v) is 6.47. The summed E-state index contributed by atoms with van der Waals surface area (Å²) >= 11 is 0. The first-order chi connectivity index (χ1) is 11.8. The molecule has 0 bridgehead atoms. The van der Waals surface area contributed by atoms with Crippen LogP contribution in [0.3, 0.4) is 0 Å². The first kappa shape index (κ1) is 17.8. The van der Waals surface area contributed by atoms with Crippen LogP contribution in [-0.4, -0.2) is 4.98 Å². The molecule has 3 aromatic rings. The van der Waals surface area contributed by atoms with Gasteiger partial charge in [0.1, 0.15) is 0 Å². The van der Waals surface area contributed by atoms with Crippen molar-refractivity contribution in [1.82, 2.24) is 4.98 Å². The molecule has 0 saturated heterocycles. The Bertz CT molecular complexity index is 963. The van der Waals surface area contributed by atoms with Gasteiger partial charge in [0, 0.05) is 37.6 Å². The standard InChI is InChI=1S/C23H21N.Ir/c1-3-16(2)21-14-18-9-4-5-10-19(18)15-22(21)23-20-11-7-6-8-17(20)12-13-24-23;/h3-13,15,21H,14H2,1-2H3;. The van der Waals surface area contributed by atoms with Gasteiger partial charge in [-0.05, 0) is 54.5 Å². The zero-order chi connectivity index (χ0) is 16.5. The fourth-order valence-corrected chi connectivity index (χ4v) is 3.65. The maximum Gasteiger partial charge on any atom is 0.0746 e. The number of fused-ring (bicyclic) bond motifs is 2. The van der Waals surface area contributed by atoms with E-state index in [4.69, 9.17) is 4.98 Å². The Balaban J connectivity index is 0.00000182. The molecule has 0 fully saturated rings. The Morgan fingerprint density at radius 1 is 1.04 bits per heavy atom. The predicted octanol–water partition coefficient (Wildman–Crippen LogP) is 5.91. The summed E-state index contributed by atoms with van der Waals surface area (Å²) in [6.07, 6.45) is 7.55. The number of hydrogen-bond donors (Lipinski definition) is 0. The molecule has 1 unspecified atom stereocenters. The number of rotatable bonds is 2. The van der Waals surface area contributed by atoms with E-state index in [1.807, 2.05) is 6.20 Å². The number of allylic oxidation sites excluding steroid dienone is 3. The maximum atomic E-state index is 4.77. The average molecular weight is 504 g/mol. The van der Waals surface area contributed by atoms with Crippen molar-refractivity contribution in [3.63, 3.8) is 0 Å². The minimum atomic E-state index is 0. The summed E-state index contributed by atoms with van der Waals surface area (Å²) in [6.45, 7) is 4.36. The fourth-order valence-electron chi connectivity index (χ4n) is 3.65. The van der Waals surface area contributed by atoms with Gasteiger partial charge in [-0.1, -0.05) is 60.2 Å². The fraction of sp³-hybridized carbons (Fsp3) is 0.174. The van der Waals surface area contributed by atoms with E-state index in [1.54, 1.807) is 0 Å². The van der Waals surface area contributed by atoms with Gasteiger partial charge < -0.3 is 0 Å². The Morgan fingerprint density at radius 2 is 1.80 bits per heavy atom. The smallest absolute Gasteiger partial charge is 0.0746 e. The van der Waals surface area contributed by atoms with E-state index >= 15 is 0 Å².